The van der Waals surface area contributed by atoms with Gasteiger partial charge < -0.3 is 5.32 Å². The number of amides is 1. The van der Waals surface area contributed by atoms with Crippen molar-refractivity contribution in [2.24, 2.45) is 0 Å². The first kappa shape index (κ1) is 14.5. The molecular weight excluding hydrogens is 305 g/mol. The first-order valence-electron chi connectivity index (χ1n) is 5.38. The quantitative estimate of drug-likeness (QED) is 0.900. The number of hydrogen-bond donors (Lipinski definition) is 1. The number of carbonyl (C=O) groups excluding carboxylic acids is 1. The maximum absolute atomic E-state index is 13.0. The molecule has 1 atom stereocenters. The molecule has 1 amide bonds. The van der Waals surface area contributed by atoms with E-state index in [0.717, 1.165) is 11.5 Å². The molecule has 0 aromatic heterocycles. The van der Waals surface area contributed by atoms with Crippen molar-refractivity contribution in [3.8, 4) is 0 Å². The lowest BCUT2D eigenvalue weighted by molar-refractivity contribution is 0.0943. The van der Waals surface area contributed by atoms with Crippen molar-refractivity contribution < 1.29 is 9.18 Å². The highest BCUT2D eigenvalue weighted by Crippen LogP contribution is 2.16. The third kappa shape index (κ3) is 4.68. The minimum atomic E-state index is -0.365. The smallest absolute Gasteiger partial charge is 0.251 e. The fourth-order valence-electron chi connectivity index (χ4n) is 1.28. The Balaban J connectivity index is 2.60. The zero-order chi connectivity index (χ0) is 12.8. The van der Waals surface area contributed by atoms with Crippen LogP contribution in [-0.2, 0) is 0 Å². The molecule has 1 N–H and O–H groups in total. The summed E-state index contributed by atoms with van der Waals surface area (Å²) in [7, 11) is 0. The largest absolute Gasteiger partial charge is 0.349 e. The number of nitrogens with one attached hydrogen (secondary N) is 1. The molecule has 0 saturated carbocycles. The Kier molecular flexibility index (Phi) is 5.98. The summed E-state index contributed by atoms with van der Waals surface area (Å²) in [5, 5.41) is 2.87. The average molecular weight is 320 g/mol. The Morgan fingerprint density at radius 2 is 2.29 bits per heavy atom. The number of benzene rings is 1. The summed E-state index contributed by atoms with van der Waals surface area (Å²) in [5.74, 6) is 1.37. The van der Waals surface area contributed by atoms with Crippen LogP contribution in [0, 0.1) is 5.82 Å². The van der Waals surface area contributed by atoms with Gasteiger partial charge in [-0.05, 0) is 46.8 Å². The van der Waals surface area contributed by atoms with E-state index in [1.807, 2.05) is 6.92 Å². The highest BCUT2D eigenvalue weighted by molar-refractivity contribution is 9.10. The summed E-state index contributed by atoms with van der Waals surface area (Å²) < 4.78 is 13.3. The monoisotopic (exact) mass is 319 g/mol. The molecule has 2 nitrogen and oxygen atoms in total. The van der Waals surface area contributed by atoms with E-state index in [9.17, 15) is 9.18 Å². The number of carbonyl (C=O) groups is 1. The Bertz CT molecular complexity index is 400. The molecule has 0 radical (unpaired) electrons. The molecule has 0 spiro atoms. The lowest BCUT2D eigenvalue weighted by Crippen LogP contribution is -2.34. The van der Waals surface area contributed by atoms with Crippen LogP contribution >= 0.6 is 27.7 Å². The number of thioether (sulfide) groups is 1. The Morgan fingerprint density at radius 3 is 2.88 bits per heavy atom. The van der Waals surface area contributed by atoms with Crippen molar-refractivity contribution >= 4 is 33.6 Å². The van der Waals surface area contributed by atoms with E-state index >= 15 is 0 Å². The predicted molar refractivity (Wildman–Crippen MR) is 74.0 cm³/mol. The van der Waals surface area contributed by atoms with Crippen LogP contribution in [0.5, 0.6) is 0 Å². The number of rotatable bonds is 5. The van der Waals surface area contributed by atoms with Crippen LogP contribution in [0.25, 0.3) is 0 Å². The Hall–Kier alpha value is -0.550. The Labute approximate surface area is 113 Å². The lowest BCUT2D eigenvalue weighted by Gasteiger charge is -2.13. The molecule has 0 aliphatic rings. The van der Waals surface area contributed by atoms with E-state index < -0.39 is 0 Å². The summed E-state index contributed by atoms with van der Waals surface area (Å²) >= 11 is 4.84. The third-order valence-corrected chi connectivity index (χ3v) is 3.88. The molecule has 0 aliphatic heterocycles. The van der Waals surface area contributed by atoms with E-state index in [2.05, 4.69) is 28.2 Å². The van der Waals surface area contributed by atoms with Crippen LogP contribution in [0.15, 0.2) is 22.7 Å². The minimum Gasteiger partial charge on any atom is -0.349 e. The van der Waals surface area contributed by atoms with Gasteiger partial charge in [0.05, 0.1) is 4.47 Å². The molecule has 17 heavy (non-hydrogen) atoms. The standard InChI is InChI=1S/C12H15BrFNOS/c1-3-17-7-8(2)15-12(16)9-4-5-11(14)10(13)6-9/h4-6,8H,3,7H2,1-2H3,(H,15,16). The second kappa shape index (κ2) is 7.01. The van der Waals surface area contributed by atoms with Gasteiger partial charge in [0.1, 0.15) is 5.82 Å². The van der Waals surface area contributed by atoms with Crippen molar-refractivity contribution in [1.29, 1.82) is 0 Å². The van der Waals surface area contributed by atoms with Gasteiger partial charge in [0, 0.05) is 17.4 Å². The van der Waals surface area contributed by atoms with Gasteiger partial charge in [-0.15, -0.1) is 0 Å². The molecule has 1 aromatic rings. The highest BCUT2D eigenvalue weighted by Gasteiger charge is 2.11. The molecule has 1 rings (SSSR count). The first-order chi connectivity index (χ1) is 8.04. The van der Waals surface area contributed by atoms with Crippen molar-refractivity contribution in [1.82, 2.24) is 5.32 Å². The molecule has 0 bridgehead atoms. The zero-order valence-electron chi connectivity index (χ0n) is 9.80. The van der Waals surface area contributed by atoms with E-state index in [1.165, 1.54) is 18.2 Å². The topological polar surface area (TPSA) is 29.1 Å². The molecular formula is C12H15BrFNOS. The highest BCUT2D eigenvalue weighted by atomic mass is 79.9. The van der Waals surface area contributed by atoms with Crippen LogP contribution in [0.3, 0.4) is 0 Å². The maximum Gasteiger partial charge on any atom is 0.251 e. The summed E-state index contributed by atoms with van der Waals surface area (Å²) in [6, 6.07) is 4.36. The fraction of sp³-hybridized carbons (Fsp3) is 0.417. The van der Waals surface area contributed by atoms with Gasteiger partial charge in [-0.25, -0.2) is 4.39 Å². The van der Waals surface area contributed by atoms with E-state index in [0.29, 0.717) is 10.0 Å². The molecule has 0 aliphatic carbocycles. The van der Waals surface area contributed by atoms with E-state index in [-0.39, 0.29) is 17.8 Å². The molecule has 0 heterocycles. The van der Waals surface area contributed by atoms with Gasteiger partial charge in [-0.3, -0.25) is 4.79 Å². The van der Waals surface area contributed by atoms with Gasteiger partial charge >= 0.3 is 0 Å². The molecule has 0 saturated heterocycles. The van der Waals surface area contributed by atoms with Crippen LogP contribution in [-0.4, -0.2) is 23.5 Å². The summed E-state index contributed by atoms with van der Waals surface area (Å²) in [6.07, 6.45) is 0. The van der Waals surface area contributed by atoms with Crippen molar-refractivity contribution in [3.05, 3.63) is 34.1 Å². The molecule has 1 aromatic carbocycles. The number of halogens is 2. The van der Waals surface area contributed by atoms with Crippen molar-refractivity contribution in [2.75, 3.05) is 11.5 Å². The van der Waals surface area contributed by atoms with Gasteiger partial charge in [0.2, 0.25) is 0 Å². The lowest BCUT2D eigenvalue weighted by atomic mass is 10.2. The van der Waals surface area contributed by atoms with E-state index in [4.69, 9.17) is 0 Å². The van der Waals surface area contributed by atoms with Crippen LogP contribution in [0.2, 0.25) is 0 Å². The second-order valence-corrected chi connectivity index (χ2v) is 5.84. The summed E-state index contributed by atoms with van der Waals surface area (Å²) in [6.45, 7) is 4.04. The average Bonchev–Trinajstić information content (AvgIpc) is 2.30. The first-order valence-corrected chi connectivity index (χ1v) is 7.33. The van der Waals surface area contributed by atoms with Crippen LogP contribution in [0.4, 0.5) is 4.39 Å². The van der Waals surface area contributed by atoms with Crippen LogP contribution < -0.4 is 5.32 Å². The van der Waals surface area contributed by atoms with Crippen LogP contribution in [0.1, 0.15) is 24.2 Å². The third-order valence-electron chi connectivity index (χ3n) is 2.13. The van der Waals surface area contributed by atoms with Gasteiger partial charge in [0.25, 0.3) is 5.91 Å². The summed E-state index contributed by atoms with van der Waals surface area (Å²) in [4.78, 5) is 11.8. The Morgan fingerprint density at radius 1 is 1.59 bits per heavy atom. The SMILES string of the molecule is CCSCC(C)NC(=O)c1ccc(F)c(Br)c1. The zero-order valence-corrected chi connectivity index (χ0v) is 12.2. The maximum atomic E-state index is 13.0. The van der Waals surface area contributed by atoms with Gasteiger partial charge in [-0.2, -0.15) is 11.8 Å². The molecule has 1 unspecified atom stereocenters. The normalized spacial score (nSPS) is 12.2. The predicted octanol–water partition coefficient (Wildman–Crippen LogP) is 3.46. The fourth-order valence-corrected chi connectivity index (χ4v) is 2.33. The van der Waals surface area contributed by atoms with Crippen molar-refractivity contribution in [2.45, 2.75) is 19.9 Å². The van der Waals surface area contributed by atoms with Crippen molar-refractivity contribution in [3.63, 3.8) is 0 Å². The van der Waals surface area contributed by atoms with E-state index in [1.54, 1.807) is 11.8 Å². The number of hydrogen-bond acceptors (Lipinski definition) is 2. The van der Waals surface area contributed by atoms with Gasteiger partial charge in [0.15, 0.2) is 0 Å². The molecule has 5 heteroatoms. The summed E-state index contributed by atoms with van der Waals surface area (Å²) in [5.41, 5.74) is 0.464. The van der Waals surface area contributed by atoms with Gasteiger partial charge in [-0.1, -0.05) is 6.92 Å². The second-order valence-electron chi connectivity index (χ2n) is 3.66. The molecule has 0 fully saturated rings. The molecule has 94 valence electrons. The minimum absolute atomic E-state index is 0.108.